The molecule has 2 rings (SSSR count). The van der Waals surface area contributed by atoms with Gasteiger partial charge >= 0.3 is 0 Å². The lowest BCUT2D eigenvalue weighted by atomic mass is 10.2. The zero-order valence-corrected chi connectivity index (χ0v) is 11.1. The van der Waals surface area contributed by atoms with Crippen LogP contribution in [0.15, 0.2) is 41.7 Å². The fourth-order valence-corrected chi connectivity index (χ4v) is 1.81. The first-order valence-electron chi connectivity index (χ1n) is 5.18. The number of carbonyl (C=O) groups excluding carboxylic acids is 1. The lowest BCUT2D eigenvalue weighted by Gasteiger charge is -2.01. The molecule has 0 bridgehead atoms. The molecular formula is C12H8Cl2N4O. The van der Waals surface area contributed by atoms with Crippen LogP contribution in [0.5, 0.6) is 0 Å². The summed E-state index contributed by atoms with van der Waals surface area (Å²) in [6.07, 6.45) is 3.12. The van der Waals surface area contributed by atoms with Crippen molar-refractivity contribution in [1.82, 2.24) is 9.97 Å². The van der Waals surface area contributed by atoms with Crippen LogP contribution in [-0.4, -0.2) is 21.7 Å². The summed E-state index contributed by atoms with van der Waals surface area (Å²) in [6, 6.07) is 6.05. The zero-order valence-electron chi connectivity index (χ0n) is 9.55. The molecule has 0 aliphatic carbocycles. The molecule has 2 aromatic heterocycles. The molecule has 0 fully saturated rings. The van der Waals surface area contributed by atoms with Gasteiger partial charge in [-0.1, -0.05) is 23.2 Å². The van der Waals surface area contributed by atoms with E-state index in [-0.39, 0.29) is 21.7 Å². The van der Waals surface area contributed by atoms with Crippen molar-refractivity contribution in [3.8, 4) is 0 Å². The van der Waals surface area contributed by atoms with E-state index in [4.69, 9.17) is 28.9 Å². The summed E-state index contributed by atoms with van der Waals surface area (Å²) in [5.74, 6) is -0.447. The summed E-state index contributed by atoms with van der Waals surface area (Å²) in [4.78, 5) is 23.3. The zero-order chi connectivity index (χ0) is 13.8. The maximum Gasteiger partial charge on any atom is 0.279 e. The lowest BCUT2D eigenvalue weighted by Crippen LogP contribution is -2.16. The fourth-order valence-electron chi connectivity index (χ4n) is 1.35. The predicted octanol–water partition coefficient (Wildman–Crippen LogP) is 2.33. The summed E-state index contributed by atoms with van der Waals surface area (Å²) >= 11 is 11.4. The van der Waals surface area contributed by atoms with Gasteiger partial charge in [-0.15, -0.1) is 0 Å². The summed E-state index contributed by atoms with van der Waals surface area (Å²) < 4.78 is 0. The molecule has 2 aromatic rings. The third-order valence-corrected chi connectivity index (χ3v) is 2.60. The van der Waals surface area contributed by atoms with Crippen molar-refractivity contribution in [3.05, 3.63) is 58.1 Å². The van der Waals surface area contributed by atoms with Gasteiger partial charge in [0, 0.05) is 23.5 Å². The van der Waals surface area contributed by atoms with Crippen LogP contribution in [0, 0.1) is 0 Å². The Kier molecular flexibility index (Phi) is 4.09. The molecule has 0 radical (unpaired) electrons. The summed E-state index contributed by atoms with van der Waals surface area (Å²) in [7, 11) is 0. The molecule has 0 spiro atoms. The number of hydrogen-bond donors (Lipinski definition) is 1. The monoisotopic (exact) mass is 294 g/mol. The van der Waals surface area contributed by atoms with Gasteiger partial charge in [-0.3, -0.25) is 9.78 Å². The minimum atomic E-state index is -0.541. The molecule has 0 unspecified atom stereocenters. The van der Waals surface area contributed by atoms with Crippen molar-refractivity contribution >= 4 is 34.9 Å². The second kappa shape index (κ2) is 5.77. The molecule has 0 saturated heterocycles. The van der Waals surface area contributed by atoms with Gasteiger partial charge in [0.1, 0.15) is 16.1 Å². The Balaban J connectivity index is 2.30. The Morgan fingerprint density at radius 3 is 2.26 bits per heavy atom. The smallest absolute Gasteiger partial charge is 0.279 e. The van der Waals surface area contributed by atoms with E-state index in [1.165, 1.54) is 12.1 Å². The second-order valence-corrected chi connectivity index (χ2v) is 4.31. The molecule has 0 atom stereocenters. The highest BCUT2D eigenvalue weighted by Crippen LogP contribution is 2.15. The molecule has 19 heavy (non-hydrogen) atoms. The molecule has 7 heteroatoms. The number of hydrogen-bond acceptors (Lipinski definition) is 3. The number of pyridine rings is 2. The SMILES string of the molecule is NC(=NC(=O)c1cc(Cl)nc(Cl)c1)c1ccncc1. The number of nitrogens with two attached hydrogens (primary N) is 1. The Morgan fingerprint density at radius 2 is 1.68 bits per heavy atom. The molecule has 2 N–H and O–H groups in total. The van der Waals surface area contributed by atoms with Gasteiger partial charge in [-0.25, -0.2) is 4.98 Å². The van der Waals surface area contributed by atoms with Crippen LogP contribution < -0.4 is 5.73 Å². The normalized spacial score (nSPS) is 11.4. The highest BCUT2D eigenvalue weighted by Gasteiger charge is 2.09. The number of carbonyl (C=O) groups is 1. The van der Waals surface area contributed by atoms with Crippen LogP contribution in [0.1, 0.15) is 15.9 Å². The van der Waals surface area contributed by atoms with Gasteiger partial charge < -0.3 is 5.73 Å². The standard InChI is InChI=1S/C12H8Cl2N4O/c13-9-5-8(6-10(14)17-9)12(19)18-11(15)7-1-3-16-4-2-7/h1-6H,(H2,15,18,19). The van der Waals surface area contributed by atoms with E-state index in [0.717, 1.165) is 0 Å². The second-order valence-electron chi connectivity index (χ2n) is 3.54. The average Bonchev–Trinajstić information content (AvgIpc) is 2.38. The summed E-state index contributed by atoms with van der Waals surface area (Å²) in [6.45, 7) is 0. The van der Waals surface area contributed by atoms with E-state index in [9.17, 15) is 4.79 Å². The molecule has 1 amide bonds. The van der Waals surface area contributed by atoms with E-state index in [1.807, 2.05) is 0 Å². The third kappa shape index (κ3) is 3.49. The highest BCUT2D eigenvalue weighted by molar-refractivity contribution is 6.33. The highest BCUT2D eigenvalue weighted by atomic mass is 35.5. The summed E-state index contributed by atoms with van der Waals surface area (Å²) in [5.41, 5.74) is 6.56. The Morgan fingerprint density at radius 1 is 1.11 bits per heavy atom. The van der Waals surface area contributed by atoms with Gasteiger partial charge in [0.05, 0.1) is 0 Å². The van der Waals surface area contributed by atoms with Crippen molar-refractivity contribution in [2.24, 2.45) is 10.7 Å². The van der Waals surface area contributed by atoms with Gasteiger partial charge in [-0.2, -0.15) is 4.99 Å². The van der Waals surface area contributed by atoms with Crippen LogP contribution in [-0.2, 0) is 0 Å². The number of aliphatic imine (C=N–C) groups is 1. The molecule has 96 valence electrons. The third-order valence-electron chi connectivity index (χ3n) is 2.21. The van der Waals surface area contributed by atoms with Crippen LogP contribution in [0.2, 0.25) is 10.3 Å². The maximum atomic E-state index is 11.9. The van der Waals surface area contributed by atoms with Gasteiger partial charge in [0.15, 0.2) is 0 Å². The number of halogens is 2. The average molecular weight is 295 g/mol. The van der Waals surface area contributed by atoms with Gasteiger partial charge in [-0.05, 0) is 24.3 Å². The number of amides is 1. The Bertz CT molecular complexity index is 623. The van der Waals surface area contributed by atoms with Crippen LogP contribution in [0.25, 0.3) is 0 Å². The maximum absolute atomic E-state index is 11.9. The lowest BCUT2D eigenvalue weighted by molar-refractivity contribution is 0.100. The van der Waals surface area contributed by atoms with Gasteiger partial charge in [0.25, 0.3) is 5.91 Å². The van der Waals surface area contributed by atoms with Crippen molar-refractivity contribution in [2.75, 3.05) is 0 Å². The minimum Gasteiger partial charge on any atom is -0.383 e. The topological polar surface area (TPSA) is 81.2 Å². The Hall–Kier alpha value is -1.98. The first kappa shape index (κ1) is 13.5. The van der Waals surface area contributed by atoms with Crippen molar-refractivity contribution in [2.45, 2.75) is 0 Å². The van der Waals surface area contributed by atoms with Crippen molar-refractivity contribution < 1.29 is 4.79 Å². The molecule has 0 aliphatic rings. The van der Waals surface area contributed by atoms with E-state index in [1.54, 1.807) is 24.5 Å². The molecular weight excluding hydrogens is 287 g/mol. The Labute approximate surface area is 119 Å². The first-order chi connectivity index (χ1) is 9.06. The number of aromatic nitrogens is 2. The van der Waals surface area contributed by atoms with Crippen molar-refractivity contribution in [1.29, 1.82) is 0 Å². The largest absolute Gasteiger partial charge is 0.383 e. The minimum absolute atomic E-state index is 0.0939. The summed E-state index contributed by atoms with van der Waals surface area (Å²) in [5, 5.41) is 0.238. The fraction of sp³-hybridized carbons (Fsp3) is 0. The quantitative estimate of drug-likeness (QED) is 0.524. The van der Waals surface area contributed by atoms with Crippen LogP contribution in [0.3, 0.4) is 0 Å². The van der Waals surface area contributed by atoms with E-state index in [0.29, 0.717) is 5.56 Å². The molecule has 5 nitrogen and oxygen atoms in total. The van der Waals surface area contributed by atoms with E-state index >= 15 is 0 Å². The van der Waals surface area contributed by atoms with Gasteiger partial charge in [0.2, 0.25) is 0 Å². The molecule has 0 aliphatic heterocycles. The van der Waals surface area contributed by atoms with Crippen LogP contribution in [0.4, 0.5) is 0 Å². The predicted molar refractivity (Wildman–Crippen MR) is 73.5 cm³/mol. The van der Waals surface area contributed by atoms with Crippen molar-refractivity contribution in [3.63, 3.8) is 0 Å². The first-order valence-corrected chi connectivity index (χ1v) is 5.94. The van der Waals surface area contributed by atoms with E-state index < -0.39 is 5.91 Å². The number of rotatable bonds is 2. The molecule has 2 heterocycles. The molecule has 0 saturated carbocycles. The van der Waals surface area contributed by atoms with Crippen LogP contribution >= 0.6 is 23.2 Å². The number of nitrogens with zero attached hydrogens (tertiary/aromatic N) is 3. The molecule has 0 aromatic carbocycles. The van der Waals surface area contributed by atoms with E-state index in [2.05, 4.69) is 15.0 Å². The number of amidine groups is 1.